The third-order valence-electron chi connectivity index (χ3n) is 5.47. The van der Waals surface area contributed by atoms with Crippen LogP contribution in [0.2, 0.25) is 0 Å². The van der Waals surface area contributed by atoms with E-state index in [1.165, 1.54) is 41.2 Å². The van der Waals surface area contributed by atoms with Crippen molar-refractivity contribution < 1.29 is 46.4 Å². The molecule has 0 spiro atoms. The molecular weight excluding hydrogens is 479 g/mol. The fourth-order valence-electron chi connectivity index (χ4n) is 3.67. The maximum Gasteiger partial charge on any atom is 0.416 e. The third kappa shape index (κ3) is 5.43. The average Bonchev–Trinajstić information content (AvgIpc) is 2.82. The first-order chi connectivity index (χ1) is 16.0. The van der Waals surface area contributed by atoms with E-state index in [1.807, 2.05) is 0 Å². The quantitative estimate of drug-likeness (QED) is 0.301. The molecule has 0 atom stereocenters. The van der Waals surface area contributed by atoms with Crippen LogP contribution in [0.15, 0.2) is 41.3 Å². The number of halogens is 3. The molecule has 186 valence electrons. The van der Waals surface area contributed by atoms with Crippen molar-refractivity contribution in [3.8, 4) is 11.5 Å². The predicted octanol–water partition coefficient (Wildman–Crippen LogP) is 1.89. The van der Waals surface area contributed by atoms with Crippen LogP contribution in [-0.2, 0) is 16.2 Å². The van der Waals surface area contributed by atoms with Crippen molar-refractivity contribution in [2.24, 2.45) is 0 Å². The van der Waals surface area contributed by atoms with Gasteiger partial charge in [0.05, 0.1) is 19.7 Å². The largest absolute Gasteiger partial charge is 0.496 e. The summed E-state index contributed by atoms with van der Waals surface area (Å²) in [5, 5.41) is 10.8. The summed E-state index contributed by atoms with van der Waals surface area (Å²) >= 11 is 0. The summed E-state index contributed by atoms with van der Waals surface area (Å²) in [6, 6.07) is 7.11. The Morgan fingerprint density at radius 2 is 1.79 bits per heavy atom. The number of nitrogens with one attached hydrogen (secondary N) is 1. The Morgan fingerprint density at radius 1 is 1.18 bits per heavy atom. The maximum absolute atomic E-state index is 13.4. The van der Waals surface area contributed by atoms with Crippen LogP contribution in [0, 0.1) is 0 Å². The van der Waals surface area contributed by atoms with Crippen molar-refractivity contribution in [1.82, 2.24) is 9.79 Å². The summed E-state index contributed by atoms with van der Waals surface area (Å²) in [5.41, 5.74) is 0.852. The number of benzene rings is 2. The molecular formula is C21H25F3N3O6S+. The number of hydrogen-bond donors (Lipinski definition) is 3. The highest BCUT2D eigenvalue weighted by Crippen LogP contribution is 2.33. The number of amides is 1. The van der Waals surface area contributed by atoms with Crippen LogP contribution < -0.4 is 20.3 Å². The van der Waals surface area contributed by atoms with Gasteiger partial charge in [-0.1, -0.05) is 0 Å². The number of piperidine rings is 1. The van der Waals surface area contributed by atoms with Gasteiger partial charge in [0.2, 0.25) is 10.0 Å². The Labute approximate surface area is 194 Å². The third-order valence-corrected chi connectivity index (χ3v) is 7.40. The van der Waals surface area contributed by atoms with E-state index in [1.54, 1.807) is 12.4 Å². The van der Waals surface area contributed by atoms with Gasteiger partial charge in [0.15, 0.2) is 0 Å². The molecule has 0 aromatic heterocycles. The molecule has 2 aromatic rings. The van der Waals surface area contributed by atoms with E-state index in [-0.39, 0.29) is 35.0 Å². The van der Waals surface area contributed by atoms with E-state index >= 15 is 0 Å². The first kappa shape index (κ1) is 25.7. The van der Waals surface area contributed by atoms with Gasteiger partial charge in [0.1, 0.15) is 33.7 Å². The summed E-state index contributed by atoms with van der Waals surface area (Å²) in [7, 11) is -1.17. The molecule has 1 aliphatic heterocycles. The topological polar surface area (TPSA) is 122 Å². The van der Waals surface area contributed by atoms with Gasteiger partial charge in [0.25, 0.3) is 5.91 Å². The highest BCUT2D eigenvalue weighted by Gasteiger charge is 2.35. The van der Waals surface area contributed by atoms with Gasteiger partial charge in [-0.05, 0) is 37.1 Å². The molecule has 0 bridgehead atoms. The molecule has 0 unspecified atom stereocenters. The molecule has 1 saturated heterocycles. The van der Waals surface area contributed by atoms with Crippen LogP contribution in [0.4, 0.5) is 18.9 Å². The average molecular weight is 505 g/mol. The number of rotatable bonds is 7. The number of hydrogen-bond acceptors (Lipinski definition) is 6. The van der Waals surface area contributed by atoms with Gasteiger partial charge in [-0.3, -0.25) is 10.0 Å². The molecule has 0 radical (unpaired) electrons. The lowest BCUT2D eigenvalue weighted by Crippen LogP contribution is -2.72. The molecule has 13 heteroatoms. The summed E-state index contributed by atoms with van der Waals surface area (Å²) in [6.45, 7) is 0.131. The number of sulfonamides is 1. The zero-order valence-corrected chi connectivity index (χ0v) is 19.2. The summed E-state index contributed by atoms with van der Waals surface area (Å²) in [4.78, 5) is 11.9. The SMILES string of the molecule is C[NH2+]c1cc(OC)c(C(=O)NO)c(S(=O)(=O)N2CCC(Oc3ccc(C(F)(F)F)cc3)CC2)c1. The van der Waals surface area contributed by atoms with Crippen LogP contribution in [0.25, 0.3) is 0 Å². The number of quaternary nitrogens is 1. The van der Waals surface area contributed by atoms with Gasteiger partial charge in [-0.25, -0.2) is 13.9 Å². The van der Waals surface area contributed by atoms with Crippen molar-refractivity contribution in [1.29, 1.82) is 0 Å². The first-order valence-corrected chi connectivity index (χ1v) is 11.7. The monoisotopic (exact) mass is 504 g/mol. The van der Waals surface area contributed by atoms with E-state index in [9.17, 15) is 26.4 Å². The molecule has 0 aliphatic carbocycles. The Morgan fingerprint density at radius 3 is 2.29 bits per heavy atom. The van der Waals surface area contributed by atoms with Crippen LogP contribution in [0.1, 0.15) is 28.8 Å². The second-order valence-electron chi connectivity index (χ2n) is 7.57. The molecule has 9 nitrogen and oxygen atoms in total. The van der Waals surface area contributed by atoms with Crippen molar-refractivity contribution in [3.05, 3.63) is 47.5 Å². The Balaban J connectivity index is 1.78. The van der Waals surface area contributed by atoms with Crippen LogP contribution in [0.5, 0.6) is 11.5 Å². The fraction of sp³-hybridized carbons (Fsp3) is 0.381. The molecule has 1 fully saturated rings. The van der Waals surface area contributed by atoms with Gasteiger partial charge >= 0.3 is 6.18 Å². The Kier molecular flexibility index (Phi) is 7.70. The number of nitrogens with two attached hydrogens (primary N) is 1. The lowest BCUT2D eigenvalue weighted by Gasteiger charge is -2.32. The van der Waals surface area contributed by atoms with Crippen LogP contribution >= 0.6 is 0 Å². The number of alkyl halides is 3. The molecule has 2 aromatic carbocycles. The zero-order valence-electron chi connectivity index (χ0n) is 18.4. The second-order valence-corrected chi connectivity index (χ2v) is 9.48. The predicted molar refractivity (Wildman–Crippen MR) is 114 cm³/mol. The van der Waals surface area contributed by atoms with Gasteiger partial charge in [0, 0.05) is 25.2 Å². The molecule has 1 heterocycles. The van der Waals surface area contributed by atoms with Gasteiger partial charge < -0.3 is 14.8 Å². The van der Waals surface area contributed by atoms with E-state index in [4.69, 9.17) is 14.7 Å². The number of ether oxygens (including phenoxy) is 2. The molecule has 4 N–H and O–H groups in total. The highest BCUT2D eigenvalue weighted by molar-refractivity contribution is 7.89. The van der Waals surface area contributed by atoms with Crippen molar-refractivity contribution in [2.45, 2.75) is 30.0 Å². The Bertz CT molecular complexity index is 1130. The molecule has 34 heavy (non-hydrogen) atoms. The fourth-order valence-corrected chi connectivity index (χ4v) is 5.37. The number of nitrogens with zero attached hydrogens (tertiary/aromatic N) is 1. The molecule has 0 saturated carbocycles. The standard InChI is InChI=1S/C21H24F3N3O6S/c1-25-14-11-17(32-2)19(20(28)26-29)18(12-14)34(30,31)27-9-7-16(8-10-27)33-15-5-3-13(4-6-15)21(22,23)24/h3-6,11-12,16,25,29H,7-10H2,1-2H3,(H,26,28)/p+1. The number of methoxy groups -OCH3 is 1. The Hall–Kier alpha value is -2.87. The number of carbonyl (C=O) groups is 1. The van der Waals surface area contributed by atoms with Crippen molar-refractivity contribution in [2.75, 3.05) is 27.2 Å². The zero-order chi connectivity index (χ0) is 25.1. The second kappa shape index (κ2) is 10.2. The van der Waals surface area contributed by atoms with E-state index < -0.39 is 33.8 Å². The number of hydroxylamine groups is 1. The summed E-state index contributed by atoms with van der Waals surface area (Å²) < 4.78 is 77.1. The molecule has 1 aliphatic rings. The van der Waals surface area contributed by atoms with Gasteiger partial charge in [-0.15, -0.1) is 0 Å². The normalized spacial score (nSPS) is 15.7. The molecule has 3 rings (SSSR count). The highest BCUT2D eigenvalue weighted by atomic mass is 32.2. The van der Waals surface area contributed by atoms with E-state index in [0.29, 0.717) is 18.5 Å². The minimum Gasteiger partial charge on any atom is -0.496 e. The first-order valence-electron chi connectivity index (χ1n) is 10.3. The maximum atomic E-state index is 13.4. The van der Waals surface area contributed by atoms with E-state index in [0.717, 1.165) is 12.1 Å². The summed E-state index contributed by atoms with van der Waals surface area (Å²) in [6.07, 6.45) is -4.26. The van der Waals surface area contributed by atoms with Crippen molar-refractivity contribution >= 4 is 21.6 Å². The minimum absolute atomic E-state index is 0.0127. The molecule has 1 amide bonds. The van der Waals surface area contributed by atoms with Crippen LogP contribution in [-0.4, -0.2) is 57.2 Å². The smallest absolute Gasteiger partial charge is 0.416 e. The lowest BCUT2D eigenvalue weighted by atomic mass is 10.1. The number of carbonyl (C=O) groups excluding carboxylic acids is 1. The van der Waals surface area contributed by atoms with Crippen molar-refractivity contribution in [3.63, 3.8) is 0 Å². The lowest BCUT2D eigenvalue weighted by molar-refractivity contribution is -0.539. The minimum atomic E-state index is -4.44. The summed E-state index contributed by atoms with van der Waals surface area (Å²) in [5.74, 6) is -0.785. The van der Waals surface area contributed by atoms with Gasteiger partial charge in [-0.2, -0.15) is 17.5 Å². The van der Waals surface area contributed by atoms with E-state index in [2.05, 4.69) is 0 Å². The van der Waals surface area contributed by atoms with Crippen LogP contribution in [0.3, 0.4) is 0 Å².